The van der Waals surface area contributed by atoms with Gasteiger partial charge in [0.05, 0.1) is 11.3 Å². The Morgan fingerprint density at radius 1 is 0.968 bits per heavy atom. The maximum Gasteiger partial charge on any atom is 0.275 e. The minimum atomic E-state index is -0.569. The van der Waals surface area contributed by atoms with Crippen molar-refractivity contribution in [2.45, 2.75) is 6.61 Å². The Morgan fingerprint density at radius 2 is 1.74 bits per heavy atom. The van der Waals surface area contributed by atoms with Gasteiger partial charge in [-0.25, -0.2) is 18.2 Å². The van der Waals surface area contributed by atoms with Gasteiger partial charge in [-0.05, 0) is 42.5 Å². The molecule has 0 radical (unpaired) electrons. The SMILES string of the molecule is O=C(Nc1ccccc1F)c1csc(-c2ccccc2OCc2cc(F)ccc2F)n1. The lowest BCUT2D eigenvalue weighted by Crippen LogP contribution is -2.13. The zero-order chi connectivity index (χ0) is 21.8. The Balaban J connectivity index is 1.53. The first-order chi connectivity index (χ1) is 15.0. The molecule has 1 aromatic heterocycles. The second-order valence-electron chi connectivity index (χ2n) is 6.49. The van der Waals surface area contributed by atoms with E-state index in [1.54, 1.807) is 35.7 Å². The van der Waals surface area contributed by atoms with E-state index >= 15 is 0 Å². The van der Waals surface area contributed by atoms with Crippen molar-refractivity contribution < 1.29 is 22.7 Å². The molecule has 0 fully saturated rings. The second kappa shape index (κ2) is 9.01. The van der Waals surface area contributed by atoms with E-state index in [1.807, 2.05) is 0 Å². The molecule has 0 aliphatic carbocycles. The number of hydrogen-bond donors (Lipinski definition) is 1. The van der Waals surface area contributed by atoms with Gasteiger partial charge in [0.2, 0.25) is 0 Å². The Hall–Kier alpha value is -3.65. The number of thiazole rings is 1. The first-order valence-corrected chi connectivity index (χ1v) is 10.1. The van der Waals surface area contributed by atoms with Crippen LogP contribution in [0.4, 0.5) is 18.9 Å². The summed E-state index contributed by atoms with van der Waals surface area (Å²) in [7, 11) is 0. The van der Waals surface area contributed by atoms with Crippen molar-refractivity contribution in [3.8, 4) is 16.3 Å². The van der Waals surface area contributed by atoms with Gasteiger partial charge in [-0.3, -0.25) is 4.79 Å². The van der Waals surface area contributed by atoms with Crippen molar-refractivity contribution in [1.82, 2.24) is 4.98 Å². The number of ether oxygens (including phenoxy) is 1. The fourth-order valence-corrected chi connectivity index (χ4v) is 3.66. The van der Waals surface area contributed by atoms with E-state index in [-0.39, 0.29) is 23.6 Å². The van der Waals surface area contributed by atoms with Gasteiger partial charge >= 0.3 is 0 Å². The van der Waals surface area contributed by atoms with E-state index in [0.29, 0.717) is 16.3 Å². The fraction of sp³-hybridized carbons (Fsp3) is 0.0435. The number of carbonyl (C=O) groups is 1. The molecule has 4 aromatic rings. The van der Waals surface area contributed by atoms with Crippen LogP contribution in [0.15, 0.2) is 72.1 Å². The predicted molar refractivity (Wildman–Crippen MR) is 113 cm³/mol. The number of benzene rings is 3. The molecule has 1 heterocycles. The summed E-state index contributed by atoms with van der Waals surface area (Å²) in [5, 5.41) is 4.53. The molecule has 0 saturated carbocycles. The molecule has 4 rings (SSSR count). The van der Waals surface area contributed by atoms with Crippen LogP contribution in [0.5, 0.6) is 5.75 Å². The predicted octanol–water partition coefficient (Wildman–Crippen LogP) is 6.06. The third-order valence-electron chi connectivity index (χ3n) is 4.37. The average Bonchev–Trinajstić information content (AvgIpc) is 3.26. The number of nitrogens with one attached hydrogen (secondary N) is 1. The summed E-state index contributed by atoms with van der Waals surface area (Å²) in [6.45, 7) is -0.174. The van der Waals surface area contributed by atoms with E-state index in [0.717, 1.165) is 18.2 Å². The number of amides is 1. The van der Waals surface area contributed by atoms with Gasteiger partial charge in [-0.15, -0.1) is 11.3 Å². The number of nitrogens with zero attached hydrogens (tertiary/aromatic N) is 1. The smallest absolute Gasteiger partial charge is 0.275 e. The van der Waals surface area contributed by atoms with Crippen LogP contribution in [0, 0.1) is 17.5 Å². The summed E-state index contributed by atoms with van der Waals surface area (Å²) >= 11 is 1.21. The number of para-hydroxylation sites is 2. The molecule has 0 aliphatic heterocycles. The van der Waals surface area contributed by atoms with Gasteiger partial charge in [0, 0.05) is 10.9 Å². The van der Waals surface area contributed by atoms with E-state index in [4.69, 9.17) is 4.74 Å². The first-order valence-electron chi connectivity index (χ1n) is 9.19. The van der Waals surface area contributed by atoms with Crippen LogP contribution in [0.1, 0.15) is 16.1 Å². The molecule has 3 aromatic carbocycles. The van der Waals surface area contributed by atoms with Gasteiger partial charge in [0.25, 0.3) is 5.91 Å². The highest BCUT2D eigenvalue weighted by Crippen LogP contribution is 2.33. The zero-order valence-corrected chi connectivity index (χ0v) is 16.8. The topological polar surface area (TPSA) is 51.2 Å². The molecule has 0 aliphatic rings. The molecule has 0 unspecified atom stereocenters. The molecule has 0 spiro atoms. The second-order valence-corrected chi connectivity index (χ2v) is 7.35. The van der Waals surface area contributed by atoms with Crippen LogP contribution in [0.2, 0.25) is 0 Å². The van der Waals surface area contributed by atoms with Crippen LogP contribution in [0.3, 0.4) is 0 Å². The van der Waals surface area contributed by atoms with Gasteiger partial charge < -0.3 is 10.1 Å². The normalized spacial score (nSPS) is 10.7. The molecule has 1 amide bonds. The monoisotopic (exact) mass is 440 g/mol. The summed E-state index contributed by atoms with van der Waals surface area (Å²) < 4.78 is 46.7. The maximum atomic E-state index is 13.9. The standard InChI is InChI=1S/C23H15F3N2O2S/c24-15-9-10-17(25)14(11-15)12-30-21-8-4-1-5-16(21)23-28-20(13-31-23)22(29)27-19-7-3-2-6-18(19)26/h1-11,13H,12H2,(H,27,29). The molecule has 31 heavy (non-hydrogen) atoms. The minimum absolute atomic E-state index is 0.0582. The highest BCUT2D eigenvalue weighted by molar-refractivity contribution is 7.13. The number of hydrogen-bond acceptors (Lipinski definition) is 4. The van der Waals surface area contributed by atoms with E-state index in [2.05, 4.69) is 10.3 Å². The van der Waals surface area contributed by atoms with Gasteiger partial charge in [0.15, 0.2) is 0 Å². The summed E-state index contributed by atoms with van der Waals surface area (Å²) in [4.78, 5) is 16.8. The molecule has 8 heteroatoms. The van der Waals surface area contributed by atoms with Crippen LogP contribution >= 0.6 is 11.3 Å². The maximum absolute atomic E-state index is 13.9. The van der Waals surface area contributed by atoms with Crippen molar-refractivity contribution in [1.29, 1.82) is 0 Å². The number of anilines is 1. The average molecular weight is 440 g/mol. The molecular weight excluding hydrogens is 425 g/mol. The van der Waals surface area contributed by atoms with Crippen molar-refractivity contribution in [3.63, 3.8) is 0 Å². The molecule has 4 nitrogen and oxygen atoms in total. The summed E-state index contributed by atoms with van der Waals surface area (Å²) in [5.74, 6) is -1.82. The fourth-order valence-electron chi connectivity index (χ4n) is 2.83. The lowest BCUT2D eigenvalue weighted by atomic mass is 10.2. The Bertz CT molecular complexity index is 1240. The van der Waals surface area contributed by atoms with Crippen molar-refractivity contribution in [2.75, 3.05) is 5.32 Å². The molecule has 0 atom stereocenters. The molecule has 0 saturated heterocycles. The minimum Gasteiger partial charge on any atom is -0.488 e. The summed E-state index contributed by atoms with van der Waals surface area (Å²) in [5.41, 5.74) is 0.852. The number of carbonyl (C=O) groups excluding carboxylic acids is 1. The highest BCUT2D eigenvalue weighted by Gasteiger charge is 2.16. The largest absolute Gasteiger partial charge is 0.488 e. The quantitative estimate of drug-likeness (QED) is 0.397. The lowest BCUT2D eigenvalue weighted by molar-refractivity contribution is 0.102. The van der Waals surface area contributed by atoms with Crippen LogP contribution in [0.25, 0.3) is 10.6 Å². The third-order valence-corrected chi connectivity index (χ3v) is 5.24. The molecule has 156 valence electrons. The molecular formula is C23H15F3N2O2S. The Kier molecular flexibility index (Phi) is 5.99. The molecule has 0 bridgehead atoms. The number of rotatable bonds is 6. The zero-order valence-electron chi connectivity index (χ0n) is 15.9. The first kappa shape index (κ1) is 20.6. The van der Waals surface area contributed by atoms with Crippen LogP contribution in [-0.4, -0.2) is 10.9 Å². The number of aromatic nitrogens is 1. The van der Waals surface area contributed by atoms with Crippen molar-refractivity contribution in [2.24, 2.45) is 0 Å². The van der Waals surface area contributed by atoms with Crippen LogP contribution in [-0.2, 0) is 6.61 Å². The molecule has 1 N–H and O–H groups in total. The Labute approximate surface area is 180 Å². The van der Waals surface area contributed by atoms with E-state index in [1.165, 1.54) is 29.5 Å². The third kappa shape index (κ3) is 4.75. The van der Waals surface area contributed by atoms with Gasteiger partial charge in [-0.1, -0.05) is 24.3 Å². The van der Waals surface area contributed by atoms with E-state index in [9.17, 15) is 18.0 Å². The van der Waals surface area contributed by atoms with Crippen molar-refractivity contribution >= 4 is 22.9 Å². The number of halogens is 3. The van der Waals surface area contributed by atoms with E-state index < -0.39 is 23.4 Å². The summed E-state index contributed by atoms with van der Waals surface area (Å²) in [6.07, 6.45) is 0. The van der Waals surface area contributed by atoms with Gasteiger partial charge in [0.1, 0.15) is 40.5 Å². The highest BCUT2D eigenvalue weighted by atomic mass is 32.1. The van der Waals surface area contributed by atoms with Crippen molar-refractivity contribution in [3.05, 3.63) is 101 Å². The Morgan fingerprint density at radius 3 is 2.58 bits per heavy atom. The van der Waals surface area contributed by atoms with Gasteiger partial charge in [-0.2, -0.15) is 0 Å². The summed E-state index contributed by atoms with van der Waals surface area (Å²) in [6, 6.07) is 15.9. The van der Waals surface area contributed by atoms with Crippen LogP contribution < -0.4 is 10.1 Å². The lowest BCUT2D eigenvalue weighted by Gasteiger charge is -2.10.